The van der Waals surface area contributed by atoms with Crippen LogP contribution in [0, 0.1) is 3.57 Å². The zero-order valence-corrected chi connectivity index (χ0v) is 13.1. The number of hydrogen-bond donors (Lipinski definition) is 1. The smallest absolute Gasteiger partial charge is 0.0371 e. The van der Waals surface area contributed by atoms with Crippen LogP contribution in [0.5, 0.6) is 0 Å². The topological polar surface area (TPSA) is 15.3 Å². The zero-order chi connectivity index (χ0) is 12.5. The van der Waals surface area contributed by atoms with E-state index in [9.17, 15) is 0 Å². The predicted octanol–water partition coefficient (Wildman–Crippen LogP) is 3.40. The van der Waals surface area contributed by atoms with E-state index in [-0.39, 0.29) is 0 Å². The molecule has 0 amide bonds. The molecule has 3 heteroatoms. The molecule has 18 heavy (non-hydrogen) atoms. The molecule has 2 heterocycles. The summed E-state index contributed by atoms with van der Waals surface area (Å²) in [5.41, 5.74) is 1.43. The van der Waals surface area contributed by atoms with Gasteiger partial charge in [0, 0.05) is 27.4 Å². The molecule has 2 aliphatic rings. The normalized spacial score (nSPS) is 30.8. The first-order chi connectivity index (χ1) is 8.78. The van der Waals surface area contributed by atoms with Gasteiger partial charge >= 0.3 is 0 Å². The Morgan fingerprint density at radius 2 is 1.78 bits per heavy atom. The summed E-state index contributed by atoms with van der Waals surface area (Å²) in [6, 6.07) is 11.3. The van der Waals surface area contributed by atoms with E-state index < -0.39 is 0 Å². The zero-order valence-electron chi connectivity index (χ0n) is 10.9. The Balaban J connectivity index is 1.77. The highest BCUT2D eigenvalue weighted by molar-refractivity contribution is 14.1. The molecule has 2 aliphatic heterocycles. The number of halogens is 1. The van der Waals surface area contributed by atoms with Gasteiger partial charge in [0.25, 0.3) is 0 Å². The number of nitrogens with zero attached hydrogens (tertiary/aromatic N) is 1. The summed E-state index contributed by atoms with van der Waals surface area (Å²) in [5.74, 6) is 0. The molecule has 2 atom stereocenters. The summed E-state index contributed by atoms with van der Waals surface area (Å²) >= 11 is 2.38. The van der Waals surface area contributed by atoms with Crippen LogP contribution in [0.3, 0.4) is 0 Å². The van der Waals surface area contributed by atoms with E-state index in [0.29, 0.717) is 0 Å². The Labute approximate surface area is 123 Å². The highest BCUT2D eigenvalue weighted by atomic mass is 127. The maximum atomic E-state index is 3.64. The van der Waals surface area contributed by atoms with E-state index in [2.05, 4.69) is 64.0 Å². The van der Waals surface area contributed by atoms with Gasteiger partial charge in [0.05, 0.1) is 0 Å². The van der Waals surface area contributed by atoms with Gasteiger partial charge in [-0.2, -0.15) is 0 Å². The third kappa shape index (κ3) is 2.39. The Hall–Kier alpha value is -0.290. The van der Waals surface area contributed by atoms with Gasteiger partial charge in [0.15, 0.2) is 0 Å². The number of hydrogen-bond acceptors (Lipinski definition) is 2. The number of rotatable bonds is 3. The predicted molar refractivity (Wildman–Crippen MR) is 85.1 cm³/mol. The lowest BCUT2D eigenvalue weighted by molar-refractivity contribution is 0.361. The maximum Gasteiger partial charge on any atom is 0.0371 e. The quantitative estimate of drug-likeness (QED) is 0.836. The molecule has 1 aromatic carbocycles. The number of anilines is 1. The lowest BCUT2D eigenvalue weighted by Gasteiger charge is -2.41. The second kappa shape index (κ2) is 5.37. The Kier molecular flexibility index (Phi) is 3.80. The van der Waals surface area contributed by atoms with Gasteiger partial charge in [-0.3, -0.25) is 0 Å². The molecule has 0 aromatic heterocycles. The van der Waals surface area contributed by atoms with E-state index in [0.717, 1.165) is 24.7 Å². The molecule has 1 aromatic rings. The SMILES string of the molecule is CCNC1CC2CCC(C1)N2c1ccc(I)cc1. The number of nitrogens with one attached hydrogen (secondary N) is 1. The summed E-state index contributed by atoms with van der Waals surface area (Å²) < 4.78 is 1.33. The van der Waals surface area contributed by atoms with E-state index in [4.69, 9.17) is 0 Å². The van der Waals surface area contributed by atoms with Crippen molar-refractivity contribution >= 4 is 28.3 Å². The molecule has 0 spiro atoms. The molecule has 2 nitrogen and oxygen atoms in total. The first-order valence-corrected chi connectivity index (χ1v) is 8.13. The van der Waals surface area contributed by atoms with Crippen LogP contribution in [0.2, 0.25) is 0 Å². The van der Waals surface area contributed by atoms with Crippen molar-refractivity contribution in [2.45, 2.75) is 50.7 Å². The van der Waals surface area contributed by atoms with Crippen molar-refractivity contribution in [3.05, 3.63) is 27.8 Å². The molecule has 2 bridgehead atoms. The lowest BCUT2D eigenvalue weighted by Crippen LogP contribution is -2.49. The van der Waals surface area contributed by atoms with E-state index in [1.165, 1.54) is 34.9 Å². The van der Waals surface area contributed by atoms with Gasteiger partial charge in [0.2, 0.25) is 0 Å². The van der Waals surface area contributed by atoms with Crippen molar-refractivity contribution in [3.8, 4) is 0 Å². The lowest BCUT2D eigenvalue weighted by atomic mass is 9.96. The number of fused-ring (bicyclic) bond motifs is 2. The minimum atomic E-state index is 0.743. The highest BCUT2D eigenvalue weighted by Crippen LogP contribution is 2.39. The van der Waals surface area contributed by atoms with Gasteiger partial charge in [0.1, 0.15) is 0 Å². The largest absolute Gasteiger partial charge is 0.365 e. The summed E-state index contributed by atoms with van der Waals surface area (Å²) in [6.07, 6.45) is 5.38. The second-order valence-electron chi connectivity index (χ2n) is 5.49. The van der Waals surface area contributed by atoms with E-state index >= 15 is 0 Å². The van der Waals surface area contributed by atoms with Crippen molar-refractivity contribution < 1.29 is 0 Å². The van der Waals surface area contributed by atoms with E-state index in [1.54, 1.807) is 0 Å². The third-order valence-corrected chi connectivity index (χ3v) is 5.07. The Bertz CT molecular complexity index is 389. The molecule has 1 N–H and O–H groups in total. The summed E-state index contributed by atoms with van der Waals surface area (Å²) in [4.78, 5) is 2.68. The Morgan fingerprint density at radius 3 is 2.33 bits per heavy atom. The first-order valence-electron chi connectivity index (χ1n) is 7.05. The van der Waals surface area contributed by atoms with Crippen molar-refractivity contribution in [1.29, 1.82) is 0 Å². The fourth-order valence-electron chi connectivity index (χ4n) is 3.67. The van der Waals surface area contributed by atoms with Crippen LogP contribution < -0.4 is 10.2 Å². The third-order valence-electron chi connectivity index (χ3n) is 4.35. The molecule has 2 unspecified atom stereocenters. The van der Waals surface area contributed by atoms with Crippen molar-refractivity contribution in [2.75, 3.05) is 11.4 Å². The standard InChI is InChI=1S/C15H21IN2/c1-2-17-12-9-14-7-8-15(10-12)18(14)13-5-3-11(16)4-6-13/h3-6,12,14-15,17H,2,7-10H2,1H3. The highest BCUT2D eigenvalue weighted by Gasteiger charge is 2.40. The average molecular weight is 356 g/mol. The summed E-state index contributed by atoms with van der Waals surface area (Å²) in [6.45, 7) is 3.32. The van der Waals surface area contributed by atoms with E-state index in [1.807, 2.05) is 0 Å². The minimum absolute atomic E-state index is 0.743. The number of benzene rings is 1. The van der Waals surface area contributed by atoms with Crippen LogP contribution >= 0.6 is 22.6 Å². The Morgan fingerprint density at radius 1 is 1.17 bits per heavy atom. The number of piperidine rings is 1. The summed E-state index contributed by atoms with van der Waals surface area (Å²) in [5, 5.41) is 3.64. The minimum Gasteiger partial charge on any atom is -0.365 e. The molecule has 98 valence electrons. The van der Waals surface area contributed by atoms with Gasteiger partial charge in [-0.05, 0) is 79.1 Å². The van der Waals surface area contributed by atoms with Gasteiger partial charge < -0.3 is 10.2 Å². The first kappa shape index (κ1) is 12.7. The van der Waals surface area contributed by atoms with Gasteiger partial charge in [-0.25, -0.2) is 0 Å². The molecule has 3 rings (SSSR count). The molecule has 0 saturated carbocycles. The molecule has 0 radical (unpaired) electrons. The molecule has 2 saturated heterocycles. The van der Waals surface area contributed by atoms with Crippen LogP contribution in [-0.4, -0.2) is 24.7 Å². The van der Waals surface area contributed by atoms with Gasteiger partial charge in [-0.1, -0.05) is 6.92 Å². The van der Waals surface area contributed by atoms with Crippen molar-refractivity contribution in [3.63, 3.8) is 0 Å². The second-order valence-corrected chi connectivity index (χ2v) is 6.74. The van der Waals surface area contributed by atoms with Crippen molar-refractivity contribution in [1.82, 2.24) is 5.32 Å². The van der Waals surface area contributed by atoms with Crippen LogP contribution in [0.25, 0.3) is 0 Å². The van der Waals surface area contributed by atoms with Crippen molar-refractivity contribution in [2.24, 2.45) is 0 Å². The van der Waals surface area contributed by atoms with Crippen LogP contribution in [0.4, 0.5) is 5.69 Å². The monoisotopic (exact) mass is 356 g/mol. The van der Waals surface area contributed by atoms with Crippen LogP contribution in [0.1, 0.15) is 32.6 Å². The molecular formula is C15H21IN2. The maximum absolute atomic E-state index is 3.64. The fraction of sp³-hybridized carbons (Fsp3) is 0.600. The summed E-state index contributed by atoms with van der Waals surface area (Å²) in [7, 11) is 0. The average Bonchev–Trinajstić information content (AvgIpc) is 2.63. The molecular weight excluding hydrogens is 335 g/mol. The van der Waals surface area contributed by atoms with Crippen LogP contribution in [0.15, 0.2) is 24.3 Å². The molecule has 0 aliphatic carbocycles. The fourth-order valence-corrected chi connectivity index (χ4v) is 4.03. The molecule has 2 fully saturated rings. The van der Waals surface area contributed by atoms with Gasteiger partial charge in [-0.15, -0.1) is 0 Å². The van der Waals surface area contributed by atoms with Crippen LogP contribution in [-0.2, 0) is 0 Å².